The van der Waals surface area contributed by atoms with Crippen LogP contribution >= 0.6 is 0 Å². The van der Waals surface area contributed by atoms with Gasteiger partial charge < -0.3 is 13.9 Å². The van der Waals surface area contributed by atoms with Crippen molar-refractivity contribution in [2.45, 2.75) is 20.0 Å². The summed E-state index contributed by atoms with van der Waals surface area (Å²) in [6.07, 6.45) is 0.838. The first kappa shape index (κ1) is 18.7. The molecule has 5 heteroatoms. The van der Waals surface area contributed by atoms with Crippen molar-refractivity contribution in [2.75, 3.05) is 6.61 Å². The Morgan fingerprint density at radius 1 is 0.966 bits per heavy atom. The van der Waals surface area contributed by atoms with Crippen molar-refractivity contribution >= 4 is 27.7 Å². The molecule has 0 bridgehead atoms. The average Bonchev–Trinajstić information content (AvgIpc) is 2.75. The van der Waals surface area contributed by atoms with E-state index in [1.165, 1.54) is 6.07 Å². The van der Waals surface area contributed by atoms with Gasteiger partial charge in [-0.3, -0.25) is 0 Å². The maximum absolute atomic E-state index is 12.1. The number of ether oxygens (including phenoxy) is 2. The summed E-state index contributed by atoms with van der Waals surface area (Å²) in [6.45, 7) is 1.80. The van der Waals surface area contributed by atoms with Gasteiger partial charge in [0.2, 0.25) is 0 Å². The largest absolute Gasteiger partial charge is 0.482 e. The lowest BCUT2D eigenvalue weighted by atomic mass is 10.1. The summed E-state index contributed by atoms with van der Waals surface area (Å²) >= 11 is 0. The molecule has 29 heavy (non-hydrogen) atoms. The molecule has 4 aromatic rings. The first-order valence-electron chi connectivity index (χ1n) is 9.45. The van der Waals surface area contributed by atoms with Gasteiger partial charge >= 0.3 is 11.6 Å². The van der Waals surface area contributed by atoms with Gasteiger partial charge in [0, 0.05) is 17.0 Å². The van der Waals surface area contributed by atoms with Gasteiger partial charge in [-0.2, -0.15) is 0 Å². The number of hydrogen-bond donors (Lipinski definition) is 0. The number of rotatable bonds is 6. The number of hydrogen-bond acceptors (Lipinski definition) is 5. The second-order valence-corrected chi connectivity index (χ2v) is 6.73. The second kappa shape index (κ2) is 8.19. The second-order valence-electron chi connectivity index (χ2n) is 6.73. The van der Waals surface area contributed by atoms with E-state index < -0.39 is 11.6 Å². The van der Waals surface area contributed by atoms with Gasteiger partial charge in [0.1, 0.15) is 17.9 Å². The van der Waals surface area contributed by atoms with Crippen LogP contribution in [0.2, 0.25) is 0 Å². The monoisotopic (exact) mass is 388 g/mol. The smallest absolute Gasteiger partial charge is 0.344 e. The lowest BCUT2D eigenvalue weighted by Crippen LogP contribution is -2.15. The van der Waals surface area contributed by atoms with E-state index in [1.807, 2.05) is 67.6 Å². The molecule has 0 radical (unpaired) electrons. The highest BCUT2D eigenvalue weighted by Gasteiger charge is 2.10. The van der Waals surface area contributed by atoms with Gasteiger partial charge in [0.05, 0.1) is 0 Å². The predicted molar refractivity (Wildman–Crippen MR) is 111 cm³/mol. The number of aryl methyl sites for hydroxylation is 1. The maximum atomic E-state index is 12.1. The van der Waals surface area contributed by atoms with Gasteiger partial charge in [0.25, 0.3) is 0 Å². The van der Waals surface area contributed by atoms with Crippen LogP contribution < -0.4 is 10.4 Å². The topological polar surface area (TPSA) is 65.7 Å². The normalized spacial score (nSPS) is 10.9. The Balaban J connectivity index is 1.42. The van der Waals surface area contributed by atoms with Crippen molar-refractivity contribution in [1.82, 2.24) is 0 Å². The van der Waals surface area contributed by atoms with Gasteiger partial charge in [-0.15, -0.1) is 0 Å². The zero-order valence-electron chi connectivity index (χ0n) is 16.0. The fourth-order valence-electron chi connectivity index (χ4n) is 3.21. The number of carbonyl (C=O) groups is 1. The summed E-state index contributed by atoms with van der Waals surface area (Å²) in [6, 6.07) is 20.6. The van der Waals surface area contributed by atoms with E-state index in [2.05, 4.69) is 0 Å². The molecule has 146 valence electrons. The molecule has 0 aliphatic carbocycles. The van der Waals surface area contributed by atoms with Crippen molar-refractivity contribution in [3.05, 3.63) is 88.3 Å². The van der Waals surface area contributed by atoms with Crippen molar-refractivity contribution < 1.29 is 18.7 Å². The Kier molecular flexibility index (Phi) is 5.29. The summed E-state index contributed by atoms with van der Waals surface area (Å²) in [5.74, 6) is 0.0864. The summed E-state index contributed by atoms with van der Waals surface area (Å²) in [4.78, 5) is 24.0. The van der Waals surface area contributed by atoms with E-state index in [1.54, 1.807) is 0 Å². The summed E-state index contributed by atoms with van der Waals surface area (Å²) < 4.78 is 16.1. The molecule has 1 heterocycles. The molecule has 0 spiro atoms. The van der Waals surface area contributed by atoms with Crippen LogP contribution in [0.4, 0.5) is 0 Å². The van der Waals surface area contributed by atoms with Gasteiger partial charge in [-0.05, 0) is 41.0 Å². The van der Waals surface area contributed by atoms with Crippen LogP contribution in [0.1, 0.15) is 18.1 Å². The highest BCUT2D eigenvalue weighted by molar-refractivity contribution is 5.84. The van der Waals surface area contributed by atoms with Crippen LogP contribution in [-0.4, -0.2) is 12.6 Å². The molecule has 5 nitrogen and oxygen atoms in total. The Morgan fingerprint density at radius 2 is 1.79 bits per heavy atom. The van der Waals surface area contributed by atoms with Crippen LogP contribution in [0.25, 0.3) is 21.7 Å². The highest BCUT2D eigenvalue weighted by Crippen LogP contribution is 2.21. The third kappa shape index (κ3) is 4.29. The molecule has 0 atom stereocenters. The Hall–Kier alpha value is -3.60. The Morgan fingerprint density at radius 3 is 2.62 bits per heavy atom. The third-order valence-corrected chi connectivity index (χ3v) is 4.77. The quantitative estimate of drug-likeness (QED) is 0.356. The molecule has 0 aliphatic rings. The summed E-state index contributed by atoms with van der Waals surface area (Å²) in [5.41, 5.74) is 1.70. The standard InChI is InChI=1S/C24H20O5/c1-2-16-7-10-21-19(13-23(25)29-22(21)11-16)14-28-24(26)15-27-20-9-8-17-5-3-4-6-18(17)12-20/h3-13H,2,14-15H2,1H3. The molecule has 0 aliphatic heterocycles. The number of carbonyl (C=O) groups excluding carboxylic acids is 1. The minimum Gasteiger partial charge on any atom is -0.482 e. The molecule has 4 rings (SSSR count). The van der Waals surface area contributed by atoms with Gasteiger partial charge in [-0.25, -0.2) is 9.59 Å². The third-order valence-electron chi connectivity index (χ3n) is 4.77. The number of fused-ring (bicyclic) bond motifs is 2. The van der Waals surface area contributed by atoms with Crippen molar-refractivity contribution in [2.24, 2.45) is 0 Å². The fourth-order valence-corrected chi connectivity index (χ4v) is 3.21. The van der Waals surface area contributed by atoms with E-state index in [9.17, 15) is 9.59 Å². The van der Waals surface area contributed by atoms with E-state index in [0.717, 1.165) is 28.1 Å². The van der Waals surface area contributed by atoms with E-state index in [4.69, 9.17) is 13.9 Å². The van der Waals surface area contributed by atoms with Crippen LogP contribution in [0.3, 0.4) is 0 Å². The molecule has 0 saturated carbocycles. The van der Waals surface area contributed by atoms with Crippen LogP contribution in [0, 0.1) is 0 Å². The molecular formula is C24H20O5. The van der Waals surface area contributed by atoms with Crippen LogP contribution in [-0.2, 0) is 22.6 Å². The van der Waals surface area contributed by atoms with Gasteiger partial charge in [0.15, 0.2) is 6.61 Å². The van der Waals surface area contributed by atoms with Crippen LogP contribution in [0.15, 0.2) is 75.9 Å². The minimum atomic E-state index is -0.510. The highest BCUT2D eigenvalue weighted by atomic mass is 16.6. The summed E-state index contributed by atoms with van der Waals surface area (Å²) in [5, 5.41) is 2.89. The molecule has 0 saturated heterocycles. The lowest BCUT2D eigenvalue weighted by Gasteiger charge is -2.09. The lowest BCUT2D eigenvalue weighted by molar-refractivity contribution is -0.147. The zero-order chi connectivity index (χ0) is 20.2. The minimum absolute atomic E-state index is 0.0204. The molecule has 0 N–H and O–H groups in total. The Bertz CT molecular complexity index is 1240. The average molecular weight is 388 g/mol. The van der Waals surface area contributed by atoms with Gasteiger partial charge in [-0.1, -0.05) is 49.4 Å². The molecule has 0 fully saturated rings. The maximum Gasteiger partial charge on any atom is 0.344 e. The Labute approximate surface area is 167 Å². The first-order valence-corrected chi connectivity index (χ1v) is 9.45. The summed E-state index contributed by atoms with van der Waals surface area (Å²) in [7, 11) is 0. The van der Waals surface area contributed by atoms with Crippen molar-refractivity contribution in [3.63, 3.8) is 0 Å². The number of esters is 1. The van der Waals surface area contributed by atoms with Crippen molar-refractivity contribution in [1.29, 1.82) is 0 Å². The SMILES string of the molecule is CCc1ccc2c(COC(=O)COc3ccc4ccccc4c3)cc(=O)oc2c1. The fraction of sp³-hybridized carbons (Fsp3) is 0.167. The number of benzene rings is 3. The van der Waals surface area contributed by atoms with Crippen molar-refractivity contribution in [3.8, 4) is 5.75 Å². The molecule has 0 amide bonds. The molecule has 3 aromatic carbocycles. The van der Waals surface area contributed by atoms with E-state index in [-0.39, 0.29) is 13.2 Å². The zero-order valence-corrected chi connectivity index (χ0v) is 16.0. The molecule has 0 unspecified atom stereocenters. The predicted octanol–water partition coefficient (Wildman–Crippen LogP) is 4.63. The molecular weight excluding hydrogens is 368 g/mol. The molecule has 1 aromatic heterocycles. The first-order chi connectivity index (χ1) is 14.1. The van der Waals surface area contributed by atoms with Crippen LogP contribution in [0.5, 0.6) is 5.75 Å². The van der Waals surface area contributed by atoms with E-state index >= 15 is 0 Å². The van der Waals surface area contributed by atoms with E-state index in [0.29, 0.717) is 16.9 Å².